The number of benzene rings is 1. The lowest BCUT2D eigenvalue weighted by atomic mass is 9.81. The third kappa shape index (κ3) is 4.11. The summed E-state index contributed by atoms with van der Waals surface area (Å²) in [6, 6.07) is 7.76. The lowest BCUT2D eigenvalue weighted by Gasteiger charge is -2.34. The van der Waals surface area contributed by atoms with Gasteiger partial charge < -0.3 is 15.2 Å². The molecule has 3 aromatic rings. The Morgan fingerprint density at radius 2 is 1.90 bits per heavy atom. The van der Waals surface area contributed by atoms with Gasteiger partial charge in [0.25, 0.3) is 5.89 Å². The third-order valence-electron chi connectivity index (χ3n) is 5.26. The number of pyridine rings is 1. The van der Waals surface area contributed by atoms with Crippen molar-refractivity contribution in [3.8, 4) is 11.4 Å². The van der Waals surface area contributed by atoms with E-state index in [0.717, 1.165) is 24.8 Å². The Kier molecular flexibility index (Phi) is 5.24. The van der Waals surface area contributed by atoms with Crippen molar-refractivity contribution in [1.29, 1.82) is 0 Å². The minimum absolute atomic E-state index is 0.367. The predicted octanol–water partition coefficient (Wildman–Crippen LogP) is 4.56. The predicted molar refractivity (Wildman–Crippen MR) is 106 cm³/mol. The number of rotatable bonds is 4. The number of hydrogen-bond donors (Lipinski definition) is 2. The zero-order valence-corrected chi connectivity index (χ0v) is 16.1. The van der Waals surface area contributed by atoms with E-state index in [4.69, 9.17) is 4.52 Å². The average Bonchev–Trinajstić information content (AvgIpc) is 3.23. The van der Waals surface area contributed by atoms with Crippen LogP contribution >= 0.6 is 0 Å². The molecule has 0 bridgehead atoms. The molecule has 1 aromatic carbocycles. The Morgan fingerprint density at radius 1 is 1.14 bits per heavy atom. The Bertz CT molecular complexity index is 999. The van der Waals surface area contributed by atoms with E-state index in [0.29, 0.717) is 35.8 Å². The van der Waals surface area contributed by atoms with Gasteiger partial charge in [0.15, 0.2) is 0 Å². The van der Waals surface area contributed by atoms with Crippen LogP contribution in [0.15, 0.2) is 47.2 Å². The van der Waals surface area contributed by atoms with Crippen LogP contribution < -0.4 is 10.6 Å². The Morgan fingerprint density at radius 3 is 2.62 bits per heavy atom. The maximum absolute atomic E-state index is 13.8. The quantitative estimate of drug-likeness (QED) is 0.675. The lowest BCUT2D eigenvalue weighted by Crippen LogP contribution is -2.49. The molecule has 2 aromatic heterocycles. The zero-order chi connectivity index (χ0) is 20.3. The second-order valence-corrected chi connectivity index (χ2v) is 7.34. The van der Waals surface area contributed by atoms with Crippen LogP contribution in [0.1, 0.15) is 43.6 Å². The molecule has 0 unspecified atom stereocenters. The van der Waals surface area contributed by atoms with E-state index >= 15 is 0 Å². The number of nitrogens with one attached hydrogen (secondary N) is 2. The fraction of sp³-hybridized carbons (Fsp3) is 0.333. The minimum Gasteiger partial charge on any atom is -0.336 e. The molecule has 1 saturated carbocycles. The minimum atomic E-state index is -0.746. The van der Waals surface area contributed by atoms with Crippen LogP contribution in [0.5, 0.6) is 0 Å². The first-order chi connectivity index (χ1) is 14.1. The monoisotopic (exact) mass is 395 g/mol. The molecule has 0 aliphatic heterocycles. The highest BCUT2D eigenvalue weighted by Gasteiger charge is 2.41. The van der Waals surface area contributed by atoms with Gasteiger partial charge in [-0.3, -0.25) is 4.98 Å². The number of aromatic nitrogens is 3. The standard InChI is InChI=1S/C21H22FN5O2/c1-14-5-6-16(13-17(14)22)24-20(28)26-21(9-3-2-4-10-21)19-25-18(27-29-19)15-7-11-23-12-8-15/h5-8,11-13H,2-4,9-10H2,1H3,(H2,24,26,28). The van der Waals surface area contributed by atoms with Gasteiger partial charge in [-0.05, 0) is 49.6 Å². The van der Waals surface area contributed by atoms with Gasteiger partial charge in [0.05, 0.1) is 0 Å². The summed E-state index contributed by atoms with van der Waals surface area (Å²) in [5, 5.41) is 9.80. The van der Waals surface area contributed by atoms with Crippen LogP contribution in [0, 0.1) is 12.7 Å². The summed E-state index contributed by atoms with van der Waals surface area (Å²) in [4.78, 5) is 21.2. The molecule has 2 heterocycles. The molecule has 0 radical (unpaired) electrons. The van der Waals surface area contributed by atoms with Crippen molar-refractivity contribution in [2.45, 2.75) is 44.6 Å². The summed E-state index contributed by atoms with van der Waals surface area (Å²) in [6.45, 7) is 1.67. The molecule has 0 atom stereocenters. The van der Waals surface area contributed by atoms with Crippen molar-refractivity contribution >= 4 is 11.7 Å². The highest BCUT2D eigenvalue weighted by molar-refractivity contribution is 5.89. The molecule has 7 nitrogen and oxygen atoms in total. The molecular formula is C21H22FN5O2. The first-order valence-electron chi connectivity index (χ1n) is 9.66. The van der Waals surface area contributed by atoms with Crippen LogP contribution in [0.25, 0.3) is 11.4 Å². The number of carbonyl (C=O) groups is 1. The third-order valence-corrected chi connectivity index (χ3v) is 5.26. The summed E-state index contributed by atoms with van der Waals surface area (Å²) in [7, 11) is 0. The van der Waals surface area contributed by atoms with Crippen LogP contribution in [-0.2, 0) is 5.54 Å². The Hall–Kier alpha value is -3.29. The summed E-state index contributed by atoms with van der Waals surface area (Å²) in [5.41, 5.74) is 0.957. The molecule has 0 saturated heterocycles. The van der Waals surface area contributed by atoms with Gasteiger partial charge in [-0.15, -0.1) is 0 Å². The van der Waals surface area contributed by atoms with Crippen LogP contribution in [-0.4, -0.2) is 21.2 Å². The van der Waals surface area contributed by atoms with E-state index < -0.39 is 11.6 Å². The van der Waals surface area contributed by atoms with Gasteiger partial charge >= 0.3 is 6.03 Å². The maximum Gasteiger partial charge on any atom is 0.320 e. The molecule has 2 amide bonds. The number of nitrogens with zero attached hydrogens (tertiary/aromatic N) is 3. The molecule has 29 heavy (non-hydrogen) atoms. The summed E-state index contributed by atoms with van der Waals surface area (Å²) in [5.74, 6) is 0.471. The van der Waals surface area contributed by atoms with Gasteiger partial charge in [0.1, 0.15) is 11.4 Å². The van der Waals surface area contributed by atoms with E-state index in [1.165, 1.54) is 6.07 Å². The molecule has 0 spiro atoms. The van der Waals surface area contributed by atoms with Crippen LogP contribution in [0.2, 0.25) is 0 Å². The number of amides is 2. The van der Waals surface area contributed by atoms with Crippen molar-refractivity contribution < 1.29 is 13.7 Å². The zero-order valence-electron chi connectivity index (χ0n) is 16.1. The van der Waals surface area contributed by atoms with Gasteiger partial charge in [-0.25, -0.2) is 9.18 Å². The molecular weight excluding hydrogens is 373 g/mol. The lowest BCUT2D eigenvalue weighted by molar-refractivity contribution is 0.173. The normalized spacial score (nSPS) is 15.7. The van der Waals surface area contributed by atoms with Gasteiger partial charge in [0, 0.05) is 23.6 Å². The van der Waals surface area contributed by atoms with Gasteiger partial charge in [0.2, 0.25) is 5.82 Å². The first-order valence-corrected chi connectivity index (χ1v) is 9.66. The topological polar surface area (TPSA) is 92.9 Å². The first kappa shape index (κ1) is 19.0. The number of carbonyl (C=O) groups excluding carboxylic acids is 1. The second kappa shape index (κ2) is 7.98. The average molecular weight is 395 g/mol. The van der Waals surface area contributed by atoms with Crippen molar-refractivity contribution in [2.24, 2.45) is 0 Å². The fourth-order valence-corrected chi connectivity index (χ4v) is 3.63. The summed E-state index contributed by atoms with van der Waals surface area (Å²) in [6.07, 6.45) is 7.67. The number of urea groups is 1. The largest absolute Gasteiger partial charge is 0.336 e. The van der Waals surface area contributed by atoms with Gasteiger partial charge in [-0.2, -0.15) is 4.98 Å². The van der Waals surface area contributed by atoms with E-state index in [-0.39, 0.29) is 5.82 Å². The van der Waals surface area contributed by atoms with Crippen LogP contribution in [0.3, 0.4) is 0 Å². The highest BCUT2D eigenvalue weighted by atomic mass is 19.1. The second-order valence-electron chi connectivity index (χ2n) is 7.34. The van der Waals surface area contributed by atoms with Crippen molar-refractivity contribution in [2.75, 3.05) is 5.32 Å². The summed E-state index contributed by atoms with van der Waals surface area (Å²) >= 11 is 0. The Balaban J connectivity index is 1.56. The van der Waals surface area contributed by atoms with E-state index in [1.807, 2.05) is 0 Å². The van der Waals surface area contributed by atoms with Crippen molar-refractivity contribution in [1.82, 2.24) is 20.4 Å². The Labute approximate surface area is 167 Å². The van der Waals surface area contributed by atoms with E-state index in [2.05, 4.69) is 25.8 Å². The van der Waals surface area contributed by atoms with E-state index in [9.17, 15) is 9.18 Å². The van der Waals surface area contributed by atoms with Gasteiger partial charge in [-0.1, -0.05) is 30.5 Å². The van der Waals surface area contributed by atoms with E-state index in [1.54, 1.807) is 43.6 Å². The van der Waals surface area contributed by atoms with Crippen LogP contribution in [0.4, 0.5) is 14.9 Å². The fourth-order valence-electron chi connectivity index (χ4n) is 3.63. The number of aryl methyl sites for hydroxylation is 1. The molecule has 8 heteroatoms. The van der Waals surface area contributed by atoms with Crippen molar-refractivity contribution in [3.05, 3.63) is 60.0 Å². The summed E-state index contributed by atoms with van der Waals surface area (Å²) < 4.78 is 19.3. The maximum atomic E-state index is 13.8. The molecule has 150 valence electrons. The molecule has 4 rings (SSSR count). The molecule has 1 aliphatic rings. The number of halogens is 1. The smallest absolute Gasteiger partial charge is 0.320 e. The van der Waals surface area contributed by atoms with Crippen molar-refractivity contribution in [3.63, 3.8) is 0 Å². The number of anilines is 1. The molecule has 1 aliphatic carbocycles. The molecule has 1 fully saturated rings. The number of hydrogen-bond acceptors (Lipinski definition) is 5. The highest BCUT2D eigenvalue weighted by Crippen LogP contribution is 2.37. The molecule has 2 N–H and O–H groups in total. The SMILES string of the molecule is Cc1ccc(NC(=O)NC2(c3nc(-c4ccncc4)no3)CCCCC2)cc1F.